The summed E-state index contributed by atoms with van der Waals surface area (Å²) < 4.78 is 48.0. The lowest BCUT2D eigenvalue weighted by Gasteiger charge is -2.31. The zero-order chi connectivity index (χ0) is 15.0. The molecule has 0 spiro atoms. The summed E-state index contributed by atoms with van der Waals surface area (Å²) in [6.07, 6.45) is 1.41. The zero-order valence-electron chi connectivity index (χ0n) is 12.0. The molecule has 0 heterocycles. The van der Waals surface area contributed by atoms with E-state index in [1.54, 1.807) is 13.0 Å². The molecule has 1 aromatic rings. The van der Waals surface area contributed by atoms with Gasteiger partial charge in [0, 0.05) is 0 Å². The highest BCUT2D eigenvalue weighted by Gasteiger charge is 2.35. The molecule has 0 atom stereocenters. The van der Waals surface area contributed by atoms with Crippen molar-refractivity contribution in [3.63, 3.8) is 0 Å². The van der Waals surface area contributed by atoms with Crippen LogP contribution in [0.4, 0.5) is 13.2 Å². The highest BCUT2D eigenvalue weighted by Crippen LogP contribution is 2.45. The first-order valence-corrected chi connectivity index (χ1v) is 7.50. The third-order valence-electron chi connectivity index (χ3n) is 4.52. The maximum absolute atomic E-state index is 12.7. The van der Waals surface area contributed by atoms with Gasteiger partial charge in [-0.25, -0.2) is 0 Å². The van der Waals surface area contributed by atoms with Crippen LogP contribution in [0.15, 0.2) is 12.1 Å². The average Bonchev–Trinajstić information content (AvgIpc) is 2.27. The van der Waals surface area contributed by atoms with Gasteiger partial charge in [-0.15, -0.1) is 13.2 Å². The SMILES string of the molecule is Cc1c(C2CCC2)ccc(OC2CCC2)c1OC(F)(F)F. The fourth-order valence-electron chi connectivity index (χ4n) is 2.85. The standard InChI is InChI=1S/C16H19F3O2/c1-10-13(11-4-2-5-11)8-9-14(20-12-6-3-7-12)15(10)21-16(17,18)19/h8-9,11-12H,2-7H2,1H3. The smallest absolute Gasteiger partial charge is 0.487 e. The van der Waals surface area contributed by atoms with Crippen molar-refractivity contribution in [2.24, 2.45) is 0 Å². The molecule has 116 valence electrons. The van der Waals surface area contributed by atoms with Crippen molar-refractivity contribution in [3.05, 3.63) is 23.3 Å². The summed E-state index contributed by atoms with van der Waals surface area (Å²) >= 11 is 0. The van der Waals surface area contributed by atoms with Crippen LogP contribution in [0.3, 0.4) is 0 Å². The fraction of sp³-hybridized carbons (Fsp3) is 0.625. The van der Waals surface area contributed by atoms with E-state index < -0.39 is 6.36 Å². The van der Waals surface area contributed by atoms with Gasteiger partial charge in [0.1, 0.15) is 0 Å². The molecular weight excluding hydrogens is 281 g/mol. The maximum atomic E-state index is 12.7. The van der Waals surface area contributed by atoms with Gasteiger partial charge in [-0.1, -0.05) is 12.5 Å². The Morgan fingerprint density at radius 1 is 1.05 bits per heavy atom. The second-order valence-corrected chi connectivity index (χ2v) is 5.95. The van der Waals surface area contributed by atoms with E-state index in [-0.39, 0.29) is 17.6 Å². The quantitative estimate of drug-likeness (QED) is 0.771. The van der Waals surface area contributed by atoms with E-state index in [1.165, 1.54) is 0 Å². The largest absolute Gasteiger partial charge is 0.573 e. The van der Waals surface area contributed by atoms with Crippen molar-refractivity contribution >= 4 is 0 Å². The van der Waals surface area contributed by atoms with Gasteiger partial charge in [-0.3, -0.25) is 0 Å². The average molecular weight is 300 g/mol. The summed E-state index contributed by atoms with van der Waals surface area (Å²) in [6, 6.07) is 3.54. The molecule has 0 radical (unpaired) electrons. The van der Waals surface area contributed by atoms with Crippen LogP contribution < -0.4 is 9.47 Å². The number of hydrogen-bond acceptors (Lipinski definition) is 2. The molecule has 0 saturated heterocycles. The molecule has 21 heavy (non-hydrogen) atoms. The number of alkyl halides is 3. The maximum Gasteiger partial charge on any atom is 0.573 e. The van der Waals surface area contributed by atoms with Gasteiger partial charge in [0.15, 0.2) is 11.5 Å². The molecule has 2 saturated carbocycles. The van der Waals surface area contributed by atoms with Crippen LogP contribution in [0.5, 0.6) is 11.5 Å². The Bertz CT molecular complexity index is 517. The normalized spacial score (nSPS) is 19.8. The highest BCUT2D eigenvalue weighted by molar-refractivity contribution is 5.51. The zero-order valence-corrected chi connectivity index (χ0v) is 12.0. The topological polar surface area (TPSA) is 18.5 Å². The molecule has 2 aliphatic carbocycles. The van der Waals surface area contributed by atoms with Crippen LogP contribution in [-0.2, 0) is 0 Å². The molecule has 0 aliphatic heterocycles. The summed E-state index contributed by atoms with van der Waals surface area (Å²) in [6.45, 7) is 1.70. The van der Waals surface area contributed by atoms with Gasteiger partial charge < -0.3 is 9.47 Å². The van der Waals surface area contributed by atoms with E-state index >= 15 is 0 Å². The number of ether oxygens (including phenoxy) is 2. The third kappa shape index (κ3) is 3.11. The molecule has 0 aromatic heterocycles. The summed E-state index contributed by atoms with van der Waals surface area (Å²) in [7, 11) is 0. The predicted octanol–water partition coefficient (Wildman–Crippen LogP) is 5.09. The molecule has 3 rings (SSSR count). The second kappa shape index (κ2) is 5.43. The minimum absolute atomic E-state index is 0.0227. The first-order valence-electron chi connectivity index (χ1n) is 7.50. The lowest BCUT2D eigenvalue weighted by atomic mass is 9.78. The van der Waals surface area contributed by atoms with Crippen LogP contribution >= 0.6 is 0 Å². The molecule has 0 bridgehead atoms. The Kier molecular flexibility index (Phi) is 3.76. The van der Waals surface area contributed by atoms with Gasteiger partial charge >= 0.3 is 6.36 Å². The second-order valence-electron chi connectivity index (χ2n) is 5.95. The van der Waals surface area contributed by atoms with Gasteiger partial charge in [0.05, 0.1) is 6.10 Å². The Morgan fingerprint density at radius 3 is 2.19 bits per heavy atom. The highest BCUT2D eigenvalue weighted by atomic mass is 19.4. The van der Waals surface area contributed by atoms with E-state index in [2.05, 4.69) is 4.74 Å². The van der Waals surface area contributed by atoms with Crippen LogP contribution in [-0.4, -0.2) is 12.5 Å². The molecule has 2 fully saturated rings. The van der Waals surface area contributed by atoms with Gasteiger partial charge in [-0.05, 0) is 62.1 Å². The monoisotopic (exact) mass is 300 g/mol. The van der Waals surface area contributed by atoms with Crippen molar-refractivity contribution in [2.75, 3.05) is 0 Å². The molecule has 0 N–H and O–H groups in total. The molecule has 0 amide bonds. The Morgan fingerprint density at radius 2 is 1.71 bits per heavy atom. The first kappa shape index (κ1) is 14.5. The van der Waals surface area contributed by atoms with E-state index in [4.69, 9.17) is 4.74 Å². The molecular formula is C16H19F3O2. The molecule has 0 unspecified atom stereocenters. The van der Waals surface area contributed by atoms with Crippen LogP contribution in [0, 0.1) is 6.92 Å². The Hall–Kier alpha value is -1.39. The van der Waals surface area contributed by atoms with Crippen molar-refractivity contribution in [2.45, 2.75) is 63.8 Å². The fourth-order valence-corrected chi connectivity index (χ4v) is 2.85. The van der Waals surface area contributed by atoms with Crippen molar-refractivity contribution < 1.29 is 22.6 Å². The molecule has 2 nitrogen and oxygen atoms in total. The number of halogens is 3. The van der Waals surface area contributed by atoms with E-state index in [0.717, 1.165) is 44.1 Å². The van der Waals surface area contributed by atoms with Crippen LogP contribution in [0.1, 0.15) is 55.6 Å². The van der Waals surface area contributed by atoms with Gasteiger partial charge in [0.25, 0.3) is 0 Å². The summed E-state index contributed by atoms with van der Waals surface area (Å²) in [4.78, 5) is 0. The van der Waals surface area contributed by atoms with Gasteiger partial charge in [-0.2, -0.15) is 0 Å². The van der Waals surface area contributed by atoms with Gasteiger partial charge in [0.2, 0.25) is 0 Å². The van der Waals surface area contributed by atoms with E-state index in [9.17, 15) is 13.2 Å². The van der Waals surface area contributed by atoms with Crippen LogP contribution in [0.2, 0.25) is 0 Å². The number of hydrogen-bond donors (Lipinski definition) is 0. The third-order valence-corrected chi connectivity index (χ3v) is 4.52. The summed E-state index contributed by atoms with van der Waals surface area (Å²) in [5.41, 5.74) is 1.52. The number of benzene rings is 1. The van der Waals surface area contributed by atoms with E-state index in [0.29, 0.717) is 11.5 Å². The molecule has 1 aromatic carbocycles. The van der Waals surface area contributed by atoms with Crippen molar-refractivity contribution in [1.82, 2.24) is 0 Å². The van der Waals surface area contributed by atoms with E-state index in [1.807, 2.05) is 6.07 Å². The van der Waals surface area contributed by atoms with Crippen LogP contribution in [0.25, 0.3) is 0 Å². The minimum atomic E-state index is -4.69. The number of rotatable bonds is 4. The molecule has 5 heteroatoms. The minimum Gasteiger partial charge on any atom is -0.487 e. The van der Waals surface area contributed by atoms with Crippen molar-refractivity contribution in [1.29, 1.82) is 0 Å². The lowest BCUT2D eigenvalue weighted by Crippen LogP contribution is -2.26. The first-order chi connectivity index (χ1) is 9.94. The summed E-state index contributed by atoms with van der Waals surface area (Å²) in [5.74, 6) is 0.426. The summed E-state index contributed by atoms with van der Waals surface area (Å²) in [5, 5.41) is 0. The molecule has 2 aliphatic rings. The van der Waals surface area contributed by atoms with Crippen molar-refractivity contribution in [3.8, 4) is 11.5 Å². The Balaban J connectivity index is 1.91. The predicted molar refractivity (Wildman–Crippen MR) is 72.7 cm³/mol. The lowest BCUT2D eigenvalue weighted by molar-refractivity contribution is -0.275. The Labute approximate surface area is 122 Å².